The number of nitrogens with one attached hydrogen (secondary N) is 1. The second kappa shape index (κ2) is 54.0. The highest BCUT2D eigenvalue weighted by molar-refractivity contribution is 5.80. The Bertz CT molecular complexity index is 1480. The summed E-state index contributed by atoms with van der Waals surface area (Å²) in [6.45, 7) is 5.72. The molecule has 1 saturated heterocycles. The lowest BCUT2D eigenvalue weighted by atomic mass is 9.99. The first-order valence-corrected chi connectivity index (χ1v) is 32.1. The number of carbonyl (C=O) groups is 2. The number of hydrogen-bond donors (Lipinski definition) is 6. The average molecular weight is 1090 g/mol. The van der Waals surface area contributed by atoms with Crippen molar-refractivity contribution in [2.24, 2.45) is 0 Å². The van der Waals surface area contributed by atoms with Crippen LogP contribution in [0.5, 0.6) is 0 Å². The lowest BCUT2D eigenvalue weighted by Gasteiger charge is -2.41. The zero-order chi connectivity index (χ0) is 56.1. The van der Waals surface area contributed by atoms with Crippen molar-refractivity contribution in [3.63, 3.8) is 0 Å². The maximum atomic E-state index is 13.4. The molecular weight excluding hydrogens is 967 g/mol. The van der Waals surface area contributed by atoms with E-state index in [2.05, 4.69) is 74.7 Å². The van der Waals surface area contributed by atoms with Crippen LogP contribution in [-0.2, 0) is 23.8 Å². The molecular formula is C66H119NO10. The van der Waals surface area contributed by atoms with E-state index in [-0.39, 0.29) is 19.4 Å². The van der Waals surface area contributed by atoms with E-state index in [9.17, 15) is 35.1 Å². The summed E-state index contributed by atoms with van der Waals surface area (Å²) in [5.74, 6) is -1.20. The van der Waals surface area contributed by atoms with Gasteiger partial charge in [-0.3, -0.25) is 9.59 Å². The number of hydrogen-bond acceptors (Lipinski definition) is 10. The fourth-order valence-corrected chi connectivity index (χ4v) is 9.76. The summed E-state index contributed by atoms with van der Waals surface area (Å²) in [7, 11) is 0. The molecule has 0 aromatic heterocycles. The van der Waals surface area contributed by atoms with Crippen molar-refractivity contribution in [3.8, 4) is 0 Å². The fourth-order valence-electron chi connectivity index (χ4n) is 9.76. The molecule has 77 heavy (non-hydrogen) atoms. The van der Waals surface area contributed by atoms with Gasteiger partial charge >= 0.3 is 5.97 Å². The molecule has 1 aliphatic heterocycles. The zero-order valence-corrected chi connectivity index (χ0v) is 49.6. The van der Waals surface area contributed by atoms with E-state index in [4.69, 9.17) is 14.2 Å². The molecule has 0 aromatic rings. The summed E-state index contributed by atoms with van der Waals surface area (Å²) in [6, 6.07) is -1.03. The van der Waals surface area contributed by atoms with Gasteiger partial charge in [0, 0.05) is 6.42 Å². The van der Waals surface area contributed by atoms with Crippen LogP contribution in [0.3, 0.4) is 0 Å². The van der Waals surface area contributed by atoms with Crippen LogP contribution in [0.25, 0.3) is 0 Å². The summed E-state index contributed by atoms with van der Waals surface area (Å²) >= 11 is 0. The minimum Gasteiger partial charge on any atom is -0.454 e. The number of allylic oxidation sites excluding steroid dienone is 9. The van der Waals surface area contributed by atoms with Crippen molar-refractivity contribution < 1.29 is 49.3 Å². The molecule has 0 radical (unpaired) electrons. The Morgan fingerprint density at radius 3 is 1.42 bits per heavy atom. The molecule has 1 amide bonds. The van der Waals surface area contributed by atoms with E-state index in [0.29, 0.717) is 12.8 Å². The first kappa shape index (κ1) is 72.4. The van der Waals surface area contributed by atoms with Crippen molar-refractivity contribution in [1.29, 1.82) is 0 Å². The van der Waals surface area contributed by atoms with Crippen LogP contribution in [-0.4, -0.2) is 99.6 Å². The van der Waals surface area contributed by atoms with E-state index >= 15 is 0 Å². The Balaban J connectivity index is 2.62. The number of aliphatic hydroxyl groups is 5. The lowest BCUT2D eigenvalue weighted by Crippen LogP contribution is -2.61. The molecule has 8 atom stereocenters. The molecule has 0 bridgehead atoms. The van der Waals surface area contributed by atoms with E-state index in [1.807, 2.05) is 6.08 Å². The monoisotopic (exact) mass is 1090 g/mol. The quantitative estimate of drug-likeness (QED) is 0.0195. The molecule has 0 aliphatic carbocycles. The van der Waals surface area contributed by atoms with Gasteiger partial charge in [0.05, 0.1) is 25.4 Å². The van der Waals surface area contributed by atoms with Crippen LogP contribution in [0.4, 0.5) is 0 Å². The summed E-state index contributed by atoms with van der Waals surface area (Å²) in [6.07, 6.45) is 57.0. The normalized spacial score (nSPS) is 19.4. The first-order chi connectivity index (χ1) is 37.7. The average Bonchev–Trinajstić information content (AvgIpc) is 3.44. The first-order valence-electron chi connectivity index (χ1n) is 32.1. The van der Waals surface area contributed by atoms with Gasteiger partial charge < -0.3 is 45.1 Å². The van der Waals surface area contributed by atoms with Crippen LogP contribution >= 0.6 is 0 Å². The van der Waals surface area contributed by atoms with Crippen LogP contribution in [0.2, 0.25) is 0 Å². The molecule has 11 nitrogen and oxygen atoms in total. The van der Waals surface area contributed by atoms with E-state index < -0.39 is 67.4 Å². The molecule has 448 valence electrons. The van der Waals surface area contributed by atoms with Gasteiger partial charge in [-0.2, -0.15) is 0 Å². The largest absolute Gasteiger partial charge is 0.454 e. The van der Waals surface area contributed by atoms with Gasteiger partial charge in [0.2, 0.25) is 5.91 Å². The van der Waals surface area contributed by atoms with Crippen molar-refractivity contribution in [2.75, 3.05) is 13.2 Å². The number of ether oxygens (including phenoxy) is 3. The Hall–Kier alpha value is -2.64. The maximum Gasteiger partial charge on any atom is 0.306 e. The van der Waals surface area contributed by atoms with Gasteiger partial charge in [0.15, 0.2) is 12.4 Å². The fraction of sp³-hybridized carbons (Fsp3) is 0.818. The van der Waals surface area contributed by atoms with E-state index in [1.54, 1.807) is 6.08 Å². The standard InChI is InChI=1S/C66H119NO10/c1-4-7-10-13-16-19-22-24-25-26-27-28-29-30-31-32-33-34-36-39-41-44-47-50-53-59(70)65(74)67-57(58(69)52-49-46-43-40-38-35-23-20-17-14-11-8-5-2)56-75-66-64(63(73)62(72)60(55-68)76-66)77-61(71)54-51-48-45-42-37-21-18-15-12-9-6-3/h15-16,18-19,24-25,27-28,49,52,57-60,62-64,66,68-70,72-73H,4-14,17,20-23,26,29-48,50-51,53-56H2,1-3H3,(H,67,74)/b18-15-,19-16-,25-24-,28-27-,52-49+. The Morgan fingerprint density at radius 1 is 0.506 bits per heavy atom. The molecule has 1 heterocycles. The summed E-state index contributed by atoms with van der Waals surface area (Å²) < 4.78 is 17.6. The SMILES string of the molecule is CCCC/C=C\CCCCCCCC(=O)OC1C(OCC(NC(=O)C(O)CCCCCCCCCCCCC/C=C\C/C=C\C/C=C\CCCCC)C(O)/C=C/CCCCCCCCCCCCC)OC(CO)C(O)C1O. The topological polar surface area (TPSA) is 175 Å². The second-order valence-corrected chi connectivity index (χ2v) is 22.1. The maximum absolute atomic E-state index is 13.4. The predicted octanol–water partition coefficient (Wildman–Crippen LogP) is 15.4. The highest BCUT2D eigenvalue weighted by Crippen LogP contribution is 2.26. The van der Waals surface area contributed by atoms with E-state index in [0.717, 1.165) is 96.3 Å². The zero-order valence-electron chi connectivity index (χ0n) is 49.6. The number of esters is 1. The number of carbonyl (C=O) groups excluding carboxylic acids is 2. The highest BCUT2D eigenvalue weighted by atomic mass is 16.7. The van der Waals surface area contributed by atoms with Gasteiger partial charge in [-0.15, -0.1) is 0 Å². The second-order valence-electron chi connectivity index (χ2n) is 22.1. The molecule has 0 spiro atoms. The van der Waals surface area contributed by atoms with Gasteiger partial charge in [-0.05, 0) is 83.5 Å². The number of amides is 1. The Labute approximate surface area is 471 Å². The van der Waals surface area contributed by atoms with Crippen LogP contribution < -0.4 is 5.32 Å². The minimum absolute atomic E-state index is 0.113. The van der Waals surface area contributed by atoms with Crippen molar-refractivity contribution in [2.45, 2.75) is 333 Å². The van der Waals surface area contributed by atoms with Gasteiger partial charge in [-0.25, -0.2) is 0 Å². The van der Waals surface area contributed by atoms with Gasteiger partial charge in [-0.1, -0.05) is 255 Å². The van der Waals surface area contributed by atoms with Crippen LogP contribution in [0.15, 0.2) is 60.8 Å². The smallest absolute Gasteiger partial charge is 0.306 e. The van der Waals surface area contributed by atoms with Crippen LogP contribution in [0.1, 0.15) is 284 Å². The third-order valence-corrected chi connectivity index (χ3v) is 14.9. The molecule has 6 N–H and O–H groups in total. The number of aliphatic hydroxyl groups excluding tert-OH is 5. The van der Waals surface area contributed by atoms with Gasteiger partial charge in [0.1, 0.15) is 24.4 Å². The Morgan fingerprint density at radius 2 is 0.909 bits per heavy atom. The number of rotatable bonds is 54. The van der Waals surface area contributed by atoms with E-state index in [1.165, 1.54) is 141 Å². The lowest BCUT2D eigenvalue weighted by molar-refractivity contribution is -0.305. The van der Waals surface area contributed by atoms with Gasteiger partial charge in [0.25, 0.3) is 0 Å². The van der Waals surface area contributed by atoms with Crippen molar-refractivity contribution in [1.82, 2.24) is 5.32 Å². The van der Waals surface area contributed by atoms with Crippen LogP contribution in [0, 0.1) is 0 Å². The Kier molecular flexibility index (Phi) is 50.7. The minimum atomic E-state index is -1.62. The van der Waals surface area contributed by atoms with Crippen molar-refractivity contribution >= 4 is 11.9 Å². The summed E-state index contributed by atoms with van der Waals surface area (Å²) in [5, 5.41) is 57.0. The molecule has 1 fully saturated rings. The molecule has 8 unspecified atom stereocenters. The predicted molar refractivity (Wildman–Crippen MR) is 320 cm³/mol. The molecule has 1 rings (SSSR count). The third kappa shape index (κ3) is 42.0. The summed E-state index contributed by atoms with van der Waals surface area (Å²) in [4.78, 5) is 26.5. The molecule has 0 aromatic carbocycles. The molecule has 11 heteroatoms. The highest BCUT2D eigenvalue weighted by Gasteiger charge is 2.47. The number of unbranched alkanes of at least 4 members (excludes halogenated alkanes) is 32. The molecule has 0 saturated carbocycles. The third-order valence-electron chi connectivity index (χ3n) is 14.9. The van der Waals surface area contributed by atoms with Crippen molar-refractivity contribution in [3.05, 3.63) is 60.8 Å². The summed E-state index contributed by atoms with van der Waals surface area (Å²) in [5.41, 5.74) is 0. The molecule has 1 aliphatic rings.